The van der Waals surface area contributed by atoms with Crippen LogP contribution in [-0.4, -0.2) is 11.2 Å². The summed E-state index contributed by atoms with van der Waals surface area (Å²) >= 11 is 0. The summed E-state index contributed by atoms with van der Waals surface area (Å²) in [5.74, 6) is -0.642. The van der Waals surface area contributed by atoms with E-state index in [1.165, 1.54) is 18.2 Å². The first-order chi connectivity index (χ1) is 9.06. The summed E-state index contributed by atoms with van der Waals surface area (Å²) in [5, 5.41) is 10.0. The van der Waals surface area contributed by atoms with Gasteiger partial charge in [0.05, 0.1) is 6.10 Å². The van der Waals surface area contributed by atoms with Gasteiger partial charge in [0.25, 0.3) is 0 Å². The summed E-state index contributed by atoms with van der Waals surface area (Å²) in [7, 11) is 0. The number of rotatable bonds is 4. The maximum absolute atomic E-state index is 13.5. The summed E-state index contributed by atoms with van der Waals surface area (Å²) < 4.78 is 26.6. The van der Waals surface area contributed by atoms with Gasteiger partial charge >= 0.3 is 0 Å². The van der Waals surface area contributed by atoms with Crippen molar-refractivity contribution in [2.45, 2.75) is 25.9 Å². The topological polar surface area (TPSA) is 20.2 Å². The number of aliphatic hydroxyl groups excluding tert-OH is 1. The lowest BCUT2D eigenvalue weighted by Crippen LogP contribution is -2.15. The fraction of sp³-hybridized carbons (Fsp3) is 0.250. The van der Waals surface area contributed by atoms with Crippen molar-refractivity contribution in [3.8, 4) is 0 Å². The second-order valence-corrected chi connectivity index (χ2v) is 4.72. The Morgan fingerprint density at radius 3 is 2.42 bits per heavy atom. The van der Waals surface area contributed by atoms with Crippen molar-refractivity contribution in [1.82, 2.24) is 0 Å². The molecule has 1 unspecified atom stereocenters. The number of hydrogen-bond donors (Lipinski definition) is 1. The Labute approximate surface area is 111 Å². The molecular formula is C16H16F2O. The maximum Gasteiger partial charge on any atom is 0.126 e. The highest BCUT2D eigenvalue weighted by Gasteiger charge is 2.11. The molecule has 0 aliphatic heterocycles. The molecule has 0 fully saturated rings. The highest BCUT2D eigenvalue weighted by Crippen LogP contribution is 2.16. The zero-order valence-corrected chi connectivity index (χ0v) is 10.7. The zero-order chi connectivity index (χ0) is 13.8. The van der Waals surface area contributed by atoms with Crippen molar-refractivity contribution in [2.75, 3.05) is 0 Å². The predicted molar refractivity (Wildman–Crippen MR) is 71.0 cm³/mol. The smallest absolute Gasteiger partial charge is 0.126 e. The summed E-state index contributed by atoms with van der Waals surface area (Å²) in [5.41, 5.74) is 2.15. The molecule has 2 aromatic rings. The molecule has 100 valence electrons. The van der Waals surface area contributed by atoms with Gasteiger partial charge in [0, 0.05) is 6.42 Å². The molecule has 0 heterocycles. The molecule has 0 aliphatic rings. The standard InChI is InChI=1S/C16H16F2O/c1-11-6-7-14(17)8-13(11)10-15(19)9-12-4-2-3-5-16(12)18/h2-8,15,19H,9-10H2,1H3. The van der Waals surface area contributed by atoms with Crippen molar-refractivity contribution in [3.05, 3.63) is 70.8 Å². The fourth-order valence-electron chi connectivity index (χ4n) is 2.10. The van der Waals surface area contributed by atoms with E-state index in [1.807, 2.05) is 6.92 Å². The number of aliphatic hydroxyl groups is 1. The average molecular weight is 262 g/mol. The van der Waals surface area contributed by atoms with E-state index in [9.17, 15) is 13.9 Å². The number of benzene rings is 2. The quantitative estimate of drug-likeness (QED) is 0.895. The number of aryl methyl sites for hydroxylation is 1. The van der Waals surface area contributed by atoms with Gasteiger partial charge in [-0.05, 0) is 48.2 Å². The molecule has 0 bridgehead atoms. The van der Waals surface area contributed by atoms with Crippen molar-refractivity contribution < 1.29 is 13.9 Å². The molecule has 2 rings (SSSR count). The van der Waals surface area contributed by atoms with E-state index in [0.29, 0.717) is 12.0 Å². The Kier molecular flexibility index (Phi) is 4.27. The molecule has 0 aromatic heterocycles. The Bertz CT molecular complexity index is 566. The molecule has 1 nitrogen and oxygen atoms in total. The first kappa shape index (κ1) is 13.7. The van der Waals surface area contributed by atoms with Gasteiger partial charge in [-0.25, -0.2) is 8.78 Å². The average Bonchev–Trinajstić information content (AvgIpc) is 2.37. The lowest BCUT2D eigenvalue weighted by molar-refractivity contribution is 0.174. The molecule has 1 N–H and O–H groups in total. The van der Waals surface area contributed by atoms with Crippen LogP contribution in [-0.2, 0) is 12.8 Å². The lowest BCUT2D eigenvalue weighted by Gasteiger charge is -2.13. The van der Waals surface area contributed by atoms with Gasteiger partial charge in [0.2, 0.25) is 0 Å². The van der Waals surface area contributed by atoms with Crippen LogP contribution in [0.25, 0.3) is 0 Å². The SMILES string of the molecule is Cc1ccc(F)cc1CC(O)Cc1ccccc1F. The van der Waals surface area contributed by atoms with Gasteiger partial charge < -0.3 is 5.11 Å². The van der Waals surface area contributed by atoms with Crippen LogP contribution in [0.15, 0.2) is 42.5 Å². The first-order valence-electron chi connectivity index (χ1n) is 6.23. The molecule has 0 radical (unpaired) electrons. The minimum Gasteiger partial charge on any atom is -0.392 e. The summed E-state index contributed by atoms with van der Waals surface area (Å²) in [4.78, 5) is 0. The van der Waals surface area contributed by atoms with Crippen LogP contribution in [0, 0.1) is 18.6 Å². The van der Waals surface area contributed by atoms with Crippen LogP contribution in [0.2, 0.25) is 0 Å². The van der Waals surface area contributed by atoms with Gasteiger partial charge in [-0.1, -0.05) is 24.3 Å². The normalized spacial score (nSPS) is 12.4. The van der Waals surface area contributed by atoms with Crippen molar-refractivity contribution in [1.29, 1.82) is 0 Å². The Morgan fingerprint density at radius 2 is 1.68 bits per heavy atom. The van der Waals surface area contributed by atoms with E-state index < -0.39 is 6.10 Å². The van der Waals surface area contributed by atoms with Gasteiger partial charge in [-0.15, -0.1) is 0 Å². The maximum atomic E-state index is 13.5. The van der Waals surface area contributed by atoms with Crippen molar-refractivity contribution in [3.63, 3.8) is 0 Å². The summed E-state index contributed by atoms with van der Waals surface area (Å²) in [6.45, 7) is 1.87. The Hall–Kier alpha value is -1.74. The van der Waals surface area contributed by atoms with Gasteiger partial charge in [0.15, 0.2) is 0 Å². The third-order valence-corrected chi connectivity index (χ3v) is 3.18. The third kappa shape index (κ3) is 3.61. The summed E-state index contributed by atoms with van der Waals surface area (Å²) in [6.07, 6.45) is -0.182. The van der Waals surface area contributed by atoms with E-state index in [0.717, 1.165) is 11.1 Å². The van der Waals surface area contributed by atoms with Gasteiger partial charge in [0.1, 0.15) is 11.6 Å². The minimum atomic E-state index is -0.725. The highest BCUT2D eigenvalue weighted by atomic mass is 19.1. The largest absolute Gasteiger partial charge is 0.392 e. The molecular weight excluding hydrogens is 246 g/mol. The molecule has 2 aromatic carbocycles. The van der Waals surface area contributed by atoms with E-state index in [2.05, 4.69) is 0 Å². The van der Waals surface area contributed by atoms with E-state index in [1.54, 1.807) is 24.3 Å². The molecule has 19 heavy (non-hydrogen) atoms. The summed E-state index contributed by atoms with van der Waals surface area (Å²) in [6, 6.07) is 10.9. The van der Waals surface area contributed by atoms with E-state index >= 15 is 0 Å². The van der Waals surface area contributed by atoms with Crippen LogP contribution in [0.3, 0.4) is 0 Å². The second-order valence-electron chi connectivity index (χ2n) is 4.72. The van der Waals surface area contributed by atoms with Gasteiger partial charge in [-0.3, -0.25) is 0 Å². The first-order valence-corrected chi connectivity index (χ1v) is 6.23. The molecule has 0 aliphatic carbocycles. The Balaban J connectivity index is 2.07. The molecule has 0 saturated heterocycles. The zero-order valence-electron chi connectivity index (χ0n) is 10.7. The van der Waals surface area contributed by atoms with E-state index in [-0.39, 0.29) is 18.1 Å². The lowest BCUT2D eigenvalue weighted by atomic mass is 9.98. The van der Waals surface area contributed by atoms with Crippen LogP contribution in [0.5, 0.6) is 0 Å². The molecule has 3 heteroatoms. The minimum absolute atomic E-state index is 0.225. The molecule has 0 saturated carbocycles. The molecule has 1 atom stereocenters. The third-order valence-electron chi connectivity index (χ3n) is 3.18. The predicted octanol–water partition coefficient (Wildman–Crippen LogP) is 3.42. The number of halogens is 2. The van der Waals surface area contributed by atoms with Crippen LogP contribution >= 0.6 is 0 Å². The monoisotopic (exact) mass is 262 g/mol. The van der Waals surface area contributed by atoms with E-state index in [4.69, 9.17) is 0 Å². The van der Waals surface area contributed by atoms with Gasteiger partial charge in [-0.2, -0.15) is 0 Å². The van der Waals surface area contributed by atoms with Crippen LogP contribution in [0.1, 0.15) is 16.7 Å². The molecule has 0 spiro atoms. The van der Waals surface area contributed by atoms with Crippen LogP contribution in [0.4, 0.5) is 8.78 Å². The molecule has 0 amide bonds. The second kappa shape index (κ2) is 5.93. The Morgan fingerprint density at radius 1 is 1.00 bits per heavy atom. The van der Waals surface area contributed by atoms with Crippen LogP contribution < -0.4 is 0 Å². The number of hydrogen-bond acceptors (Lipinski definition) is 1. The fourth-order valence-corrected chi connectivity index (χ4v) is 2.10. The van der Waals surface area contributed by atoms with Crippen molar-refractivity contribution in [2.24, 2.45) is 0 Å². The van der Waals surface area contributed by atoms with Crippen molar-refractivity contribution >= 4 is 0 Å². The highest BCUT2D eigenvalue weighted by molar-refractivity contribution is 5.27.